The number of nitrogens with one attached hydrogen (secondary N) is 1. The lowest BCUT2D eigenvalue weighted by Crippen LogP contribution is -2.43. The van der Waals surface area contributed by atoms with Crippen molar-refractivity contribution in [2.45, 2.75) is 4.90 Å². The van der Waals surface area contributed by atoms with Gasteiger partial charge >= 0.3 is 0 Å². The van der Waals surface area contributed by atoms with Gasteiger partial charge in [0.1, 0.15) is 0 Å². The van der Waals surface area contributed by atoms with Crippen LogP contribution in [0, 0.1) is 11.3 Å². The van der Waals surface area contributed by atoms with Gasteiger partial charge in [-0.3, -0.25) is 0 Å². The van der Waals surface area contributed by atoms with Crippen LogP contribution in [0.3, 0.4) is 0 Å². The van der Waals surface area contributed by atoms with Crippen molar-refractivity contribution in [2.75, 3.05) is 31.1 Å². The summed E-state index contributed by atoms with van der Waals surface area (Å²) in [6.45, 7) is 3.61. The maximum atomic E-state index is 13.1. The predicted molar refractivity (Wildman–Crippen MR) is 101 cm³/mol. The van der Waals surface area contributed by atoms with Crippen LogP contribution in [0.2, 0.25) is 0 Å². The molecule has 7 heteroatoms. The molecule has 2 aromatic carbocycles. The molecule has 3 aromatic rings. The summed E-state index contributed by atoms with van der Waals surface area (Å²) in [7, 11) is -3.77. The van der Waals surface area contributed by atoms with Crippen LogP contribution in [0.15, 0.2) is 59.6 Å². The highest BCUT2D eigenvalue weighted by atomic mass is 32.2. The van der Waals surface area contributed by atoms with Crippen molar-refractivity contribution >= 4 is 26.6 Å². The largest absolute Gasteiger partial charge is 0.368 e. The van der Waals surface area contributed by atoms with E-state index in [9.17, 15) is 8.42 Å². The number of nitrogens with zero attached hydrogens (tertiary/aromatic N) is 3. The highest BCUT2D eigenvalue weighted by Gasteiger charge is 2.21. The van der Waals surface area contributed by atoms with Crippen molar-refractivity contribution in [3.63, 3.8) is 0 Å². The number of rotatable bonds is 3. The van der Waals surface area contributed by atoms with Crippen LogP contribution >= 0.6 is 0 Å². The van der Waals surface area contributed by atoms with Crippen LogP contribution in [-0.4, -0.2) is 38.6 Å². The molecule has 0 bridgehead atoms. The average molecular weight is 366 g/mol. The number of nitriles is 1. The van der Waals surface area contributed by atoms with E-state index in [-0.39, 0.29) is 4.90 Å². The zero-order chi connectivity index (χ0) is 18.1. The van der Waals surface area contributed by atoms with Gasteiger partial charge in [-0.15, -0.1) is 0 Å². The van der Waals surface area contributed by atoms with E-state index in [4.69, 9.17) is 5.26 Å². The van der Waals surface area contributed by atoms with Gasteiger partial charge in [-0.1, -0.05) is 12.1 Å². The number of piperazine rings is 1. The number of benzene rings is 2. The molecular weight excluding hydrogens is 348 g/mol. The van der Waals surface area contributed by atoms with E-state index in [0.717, 1.165) is 37.3 Å². The maximum absolute atomic E-state index is 13.1. The van der Waals surface area contributed by atoms with Crippen LogP contribution in [0.4, 0.5) is 5.69 Å². The number of hydrogen-bond acceptors (Lipinski definition) is 5. The van der Waals surface area contributed by atoms with E-state index in [1.54, 1.807) is 18.3 Å². The molecule has 6 nitrogen and oxygen atoms in total. The van der Waals surface area contributed by atoms with Crippen molar-refractivity contribution in [2.24, 2.45) is 0 Å². The van der Waals surface area contributed by atoms with E-state index in [1.165, 1.54) is 16.1 Å². The van der Waals surface area contributed by atoms with Crippen LogP contribution < -0.4 is 10.2 Å². The summed E-state index contributed by atoms with van der Waals surface area (Å²) in [4.78, 5) is 2.38. The Kier molecular flexibility index (Phi) is 4.15. The molecule has 1 aliphatic rings. The first kappa shape index (κ1) is 16.6. The van der Waals surface area contributed by atoms with Crippen molar-refractivity contribution in [3.05, 3.63) is 60.3 Å². The topological polar surface area (TPSA) is 78.1 Å². The molecule has 0 radical (unpaired) electrons. The molecule has 0 saturated carbocycles. The Labute approximate surface area is 152 Å². The van der Waals surface area contributed by atoms with Gasteiger partial charge in [0.25, 0.3) is 10.0 Å². The number of fused-ring (bicyclic) bond motifs is 1. The monoisotopic (exact) mass is 366 g/mol. The Balaban J connectivity index is 1.83. The van der Waals surface area contributed by atoms with Gasteiger partial charge in [0.15, 0.2) is 0 Å². The van der Waals surface area contributed by atoms with Crippen molar-refractivity contribution in [3.8, 4) is 6.07 Å². The Bertz CT molecular complexity index is 1110. The molecule has 0 spiro atoms. The smallest absolute Gasteiger partial charge is 0.268 e. The normalized spacial score (nSPS) is 15.1. The van der Waals surface area contributed by atoms with Crippen molar-refractivity contribution in [1.82, 2.24) is 9.29 Å². The Morgan fingerprint density at radius 1 is 1.04 bits per heavy atom. The second-order valence-electron chi connectivity index (χ2n) is 6.20. The molecule has 0 unspecified atom stereocenters. The van der Waals surface area contributed by atoms with Gasteiger partial charge in [0, 0.05) is 43.4 Å². The highest BCUT2D eigenvalue weighted by Crippen LogP contribution is 2.30. The standard InChI is InChI=1S/C19H18N4O2S/c20-14-15-3-1-4-16(13-15)26(24,25)23-10-7-17-18(5-2-6-19(17)23)22-11-8-21-9-12-22/h1-7,10,13,21H,8-9,11-12H2. The fourth-order valence-corrected chi connectivity index (χ4v) is 4.75. The minimum Gasteiger partial charge on any atom is -0.368 e. The molecule has 26 heavy (non-hydrogen) atoms. The molecule has 4 rings (SSSR count). The third-order valence-electron chi connectivity index (χ3n) is 4.65. The summed E-state index contributed by atoms with van der Waals surface area (Å²) in [6.07, 6.45) is 1.59. The minimum atomic E-state index is -3.77. The summed E-state index contributed by atoms with van der Waals surface area (Å²) < 4.78 is 27.5. The molecule has 1 N–H and O–H groups in total. The molecule has 1 aliphatic heterocycles. The summed E-state index contributed by atoms with van der Waals surface area (Å²) in [5, 5.41) is 13.3. The maximum Gasteiger partial charge on any atom is 0.268 e. The molecule has 1 saturated heterocycles. The number of anilines is 1. The fourth-order valence-electron chi connectivity index (χ4n) is 3.36. The van der Waals surface area contributed by atoms with Gasteiger partial charge in [0.2, 0.25) is 0 Å². The van der Waals surface area contributed by atoms with Crippen LogP contribution in [0.25, 0.3) is 10.9 Å². The fraction of sp³-hybridized carbons (Fsp3) is 0.211. The SMILES string of the molecule is N#Cc1cccc(S(=O)(=O)n2ccc3c(N4CCNCC4)cccc32)c1. The summed E-state index contributed by atoms with van der Waals surface area (Å²) in [6, 6.07) is 15.7. The average Bonchev–Trinajstić information content (AvgIpc) is 3.13. The summed E-state index contributed by atoms with van der Waals surface area (Å²) in [5.41, 5.74) is 2.01. The molecule has 1 fully saturated rings. The minimum absolute atomic E-state index is 0.113. The third-order valence-corrected chi connectivity index (χ3v) is 6.34. The number of aromatic nitrogens is 1. The molecule has 0 amide bonds. The molecule has 132 valence electrons. The van der Waals surface area contributed by atoms with Crippen molar-refractivity contribution < 1.29 is 8.42 Å². The van der Waals surface area contributed by atoms with Crippen LogP contribution in [0.5, 0.6) is 0 Å². The number of hydrogen-bond donors (Lipinski definition) is 1. The lowest BCUT2D eigenvalue weighted by atomic mass is 10.2. The second-order valence-corrected chi connectivity index (χ2v) is 8.02. The zero-order valence-electron chi connectivity index (χ0n) is 14.1. The molecule has 2 heterocycles. The zero-order valence-corrected chi connectivity index (χ0v) is 14.9. The van der Waals surface area contributed by atoms with Gasteiger partial charge < -0.3 is 10.2 Å². The Morgan fingerprint density at radius 2 is 1.81 bits per heavy atom. The van der Waals surface area contributed by atoms with Gasteiger partial charge in [0.05, 0.1) is 22.0 Å². The Morgan fingerprint density at radius 3 is 2.58 bits per heavy atom. The first-order chi connectivity index (χ1) is 12.6. The molecular formula is C19H18N4O2S. The van der Waals surface area contributed by atoms with E-state index in [2.05, 4.69) is 10.2 Å². The first-order valence-corrected chi connectivity index (χ1v) is 9.87. The van der Waals surface area contributed by atoms with Crippen LogP contribution in [-0.2, 0) is 10.0 Å². The summed E-state index contributed by atoms with van der Waals surface area (Å²) in [5.74, 6) is 0. The Hall–Kier alpha value is -2.82. The van der Waals surface area contributed by atoms with Gasteiger partial charge in [-0.25, -0.2) is 12.4 Å². The van der Waals surface area contributed by atoms with Crippen molar-refractivity contribution in [1.29, 1.82) is 5.26 Å². The van der Waals surface area contributed by atoms with Gasteiger partial charge in [-0.05, 0) is 36.4 Å². The first-order valence-electron chi connectivity index (χ1n) is 8.43. The van der Waals surface area contributed by atoms with E-state index in [1.807, 2.05) is 30.3 Å². The van der Waals surface area contributed by atoms with E-state index >= 15 is 0 Å². The van der Waals surface area contributed by atoms with E-state index < -0.39 is 10.0 Å². The lowest BCUT2D eigenvalue weighted by molar-refractivity contribution is 0.588. The predicted octanol–water partition coefficient (Wildman–Crippen LogP) is 2.16. The van der Waals surface area contributed by atoms with E-state index in [0.29, 0.717) is 11.1 Å². The summed E-state index contributed by atoms with van der Waals surface area (Å²) >= 11 is 0. The lowest BCUT2D eigenvalue weighted by Gasteiger charge is -2.30. The highest BCUT2D eigenvalue weighted by molar-refractivity contribution is 7.90. The second kappa shape index (κ2) is 6.48. The molecule has 0 atom stereocenters. The molecule has 1 aromatic heterocycles. The van der Waals surface area contributed by atoms with Crippen LogP contribution in [0.1, 0.15) is 5.56 Å². The third kappa shape index (κ3) is 2.73. The molecule has 0 aliphatic carbocycles. The quantitative estimate of drug-likeness (QED) is 0.769. The van der Waals surface area contributed by atoms with Gasteiger partial charge in [-0.2, -0.15) is 5.26 Å².